The van der Waals surface area contributed by atoms with E-state index in [1.165, 1.54) is 0 Å². The molecule has 0 fully saturated rings. The quantitative estimate of drug-likeness (QED) is 0.863. The number of halogens is 2. The third kappa shape index (κ3) is 3.34. The van der Waals surface area contributed by atoms with E-state index < -0.39 is 0 Å². The van der Waals surface area contributed by atoms with Crippen molar-refractivity contribution >= 4 is 27.5 Å². The first kappa shape index (κ1) is 16.1. The van der Waals surface area contributed by atoms with E-state index in [1.54, 1.807) is 14.2 Å². The van der Waals surface area contributed by atoms with Crippen molar-refractivity contribution in [1.29, 1.82) is 0 Å². The van der Waals surface area contributed by atoms with Gasteiger partial charge in [-0.15, -0.1) is 0 Å². The molecule has 0 aliphatic rings. The van der Waals surface area contributed by atoms with E-state index >= 15 is 0 Å². The van der Waals surface area contributed by atoms with Gasteiger partial charge in [0.15, 0.2) is 11.5 Å². The Balaban J connectivity index is 2.47. The van der Waals surface area contributed by atoms with Crippen molar-refractivity contribution in [3.05, 3.63) is 56.5 Å². The molecule has 2 aromatic carbocycles. The number of benzene rings is 2. The highest BCUT2D eigenvalue weighted by Crippen LogP contribution is 2.37. The number of hydrogen-bond acceptors (Lipinski definition) is 3. The summed E-state index contributed by atoms with van der Waals surface area (Å²) < 4.78 is 11.5. The van der Waals surface area contributed by atoms with Gasteiger partial charge < -0.3 is 15.2 Å². The van der Waals surface area contributed by atoms with Gasteiger partial charge in [-0.1, -0.05) is 39.7 Å². The van der Waals surface area contributed by atoms with Crippen molar-refractivity contribution in [2.24, 2.45) is 5.73 Å². The van der Waals surface area contributed by atoms with Crippen LogP contribution in [-0.4, -0.2) is 14.2 Å². The Bertz CT molecular complexity index is 661. The molecule has 2 N–H and O–H groups in total. The summed E-state index contributed by atoms with van der Waals surface area (Å²) in [7, 11) is 3.21. The van der Waals surface area contributed by atoms with Crippen LogP contribution in [0.2, 0.25) is 5.02 Å². The highest BCUT2D eigenvalue weighted by molar-refractivity contribution is 9.10. The summed E-state index contributed by atoms with van der Waals surface area (Å²) in [5.74, 6) is 1.31. The number of hydrogen-bond donors (Lipinski definition) is 1. The van der Waals surface area contributed by atoms with Crippen LogP contribution < -0.4 is 15.2 Å². The van der Waals surface area contributed by atoms with Gasteiger partial charge in [0.1, 0.15) is 0 Å². The standard InChI is InChI=1S/C16H17BrClNO2/c1-9-6-10(4-5-13(9)18)16(19)11-7-14(20-2)15(21-3)8-12(11)17/h4-8,16H,19H2,1-3H3. The molecule has 0 aromatic heterocycles. The van der Waals surface area contributed by atoms with E-state index in [0.29, 0.717) is 11.5 Å². The van der Waals surface area contributed by atoms with Crippen molar-refractivity contribution in [1.82, 2.24) is 0 Å². The molecule has 2 rings (SSSR count). The molecule has 0 spiro atoms. The first-order chi connectivity index (χ1) is 9.97. The second kappa shape index (κ2) is 6.69. The Morgan fingerprint density at radius 2 is 1.71 bits per heavy atom. The Kier molecular flexibility index (Phi) is 5.14. The monoisotopic (exact) mass is 369 g/mol. The lowest BCUT2D eigenvalue weighted by Gasteiger charge is -2.18. The Hall–Kier alpha value is -1.23. The van der Waals surface area contributed by atoms with Crippen molar-refractivity contribution in [3.63, 3.8) is 0 Å². The van der Waals surface area contributed by atoms with E-state index in [4.69, 9.17) is 26.8 Å². The molecule has 0 bridgehead atoms. The van der Waals surface area contributed by atoms with Gasteiger partial charge in [0, 0.05) is 9.50 Å². The van der Waals surface area contributed by atoms with E-state index in [0.717, 1.165) is 26.2 Å². The summed E-state index contributed by atoms with van der Waals surface area (Å²) in [6.45, 7) is 1.96. The van der Waals surface area contributed by atoms with Crippen molar-refractivity contribution < 1.29 is 9.47 Å². The summed E-state index contributed by atoms with van der Waals surface area (Å²) >= 11 is 9.60. The van der Waals surface area contributed by atoms with Crippen LogP contribution in [0.3, 0.4) is 0 Å². The van der Waals surface area contributed by atoms with Crippen LogP contribution in [0.25, 0.3) is 0 Å². The summed E-state index contributed by atoms with van der Waals surface area (Å²) in [5.41, 5.74) is 9.30. The van der Waals surface area contributed by atoms with Crippen LogP contribution in [-0.2, 0) is 0 Å². The van der Waals surface area contributed by atoms with Crippen LogP contribution in [0.4, 0.5) is 0 Å². The minimum Gasteiger partial charge on any atom is -0.493 e. The fraction of sp³-hybridized carbons (Fsp3) is 0.250. The molecule has 1 unspecified atom stereocenters. The van der Waals surface area contributed by atoms with Crippen molar-refractivity contribution in [2.75, 3.05) is 14.2 Å². The van der Waals surface area contributed by atoms with Gasteiger partial charge >= 0.3 is 0 Å². The molecular weight excluding hydrogens is 354 g/mol. The lowest BCUT2D eigenvalue weighted by atomic mass is 9.98. The second-order valence-electron chi connectivity index (χ2n) is 4.71. The van der Waals surface area contributed by atoms with Crippen molar-refractivity contribution in [3.8, 4) is 11.5 Å². The third-order valence-corrected chi connectivity index (χ3v) is 4.49. The lowest BCUT2D eigenvalue weighted by Crippen LogP contribution is -2.13. The molecule has 0 radical (unpaired) electrons. The molecule has 0 saturated heterocycles. The molecular formula is C16H17BrClNO2. The van der Waals surface area contributed by atoms with Crippen molar-refractivity contribution in [2.45, 2.75) is 13.0 Å². The minimum absolute atomic E-state index is 0.282. The van der Waals surface area contributed by atoms with E-state index in [-0.39, 0.29) is 6.04 Å². The van der Waals surface area contributed by atoms with Crippen LogP contribution >= 0.6 is 27.5 Å². The molecule has 5 heteroatoms. The molecule has 0 aliphatic carbocycles. The zero-order valence-corrected chi connectivity index (χ0v) is 14.5. The summed E-state index contributed by atoms with van der Waals surface area (Å²) in [5, 5.41) is 0.734. The lowest BCUT2D eigenvalue weighted by molar-refractivity contribution is 0.354. The van der Waals surface area contributed by atoms with Crippen LogP contribution in [0.15, 0.2) is 34.8 Å². The second-order valence-corrected chi connectivity index (χ2v) is 5.98. The highest BCUT2D eigenvalue weighted by Gasteiger charge is 2.17. The van der Waals surface area contributed by atoms with Gasteiger partial charge in [0.2, 0.25) is 0 Å². The Morgan fingerprint density at radius 1 is 1.10 bits per heavy atom. The van der Waals surface area contributed by atoms with Gasteiger partial charge in [0.25, 0.3) is 0 Å². The maximum absolute atomic E-state index is 6.38. The van der Waals surface area contributed by atoms with E-state index in [9.17, 15) is 0 Å². The maximum atomic E-state index is 6.38. The molecule has 112 valence electrons. The van der Waals surface area contributed by atoms with Crippen LogP contribution in [0.5, 0.6) is 11.5 Å². The molecule has 0 saturated carbocycles. The number of methoxy groups -OCH3 is 2. The molecule has 0 aliphatic heterocycles. The minimum atomic E-state index is -0.282. The Morgan fingerprint density at radius 3 is 2.29 bits per heavy atom. The fourth-order valence-electron chi connectivity index (χ4n) is 2.15. The highest BCUT2D eigenvalue weighted by atomic mass is 79.9. The maximum Gasteiger partial charge on any atom is 0.161 e. The number of rotatable bonds is 4. The van der Waals surface area contributed by atoms with Gasteiger partial charge in [-0.3, -0.25) is 0 Å². The normalized spacial score (nSPS) is 12.1. The van der Waals surface area contributed by atoms with Gasteiger partial charge in [0.05, 0.1) is 20.3 Å². The number of aryl methyl sites for hydroxylation is 1. The summed E-state index contributed by atoms with van der Waals surface area (Å²) in [6.07, 6.45) is 0. The summed E-state index contributed by atoms with van der Waals surface area (Å²) in [6, 6.07) is 9.25. The van der Waals surface area contributed by atoms with E-state index in [1.807, 2.05) is 37.3 Å². The fourth-order valence-corrected chi connectivity index (χ4v) is 2.84. The zero-order chi connectivity index (χ0) is 15.6. The third-order valence-electron chi connectivity index (χ3n) is 3.38. The predicted octanol–water partition coefficient (Wildman–Crippen LogP) is 4.48. The molecule has 0 amide bonds. The molecule has 21 heavy (non-hydrogen) atoms. The average Bonchev–Trinajstić information content (AvgIpc) is 2.49. The number of ether oxygens (including phenoxy) is 2. The SMILES string of the molecule is COc1cc(Br)c(C(N)c2ccc(Cl)c(C)c2)cc1OC. The van der Waals surface area contributed by atoms with Crippen LogP contribution in [0.1, 0.15) is 22.7 Å². The van der Waals surface area contributed by atoms with Gasteiger partial charge in [-0.05, 0) is 41.8 Å². The topological polar surface area (TPSA) is 44.5 Å². The zero-order valence-electron chi connectivity index (χ0n) is 12.1. The molecule has 0 heterocycles. The molecule has 1 atom stereocenters. The Labute approximate surface area is 138 Å². The van der Waals surface area contributed by atoms with Gasteiger partial charge in [-0.2, -0.15) is 0 Å². The van der Waals surface area contributed by atoms with E-state index in [2.05, 4.69) is 15.9 Å². The largest absolute Gasteiger partial charge is 0.493 e. The molecule has 3 nitrogen and oxygen atoms in total. The first-order valence-electron chi connectivity index (χ1n) is 6.41. The summed E-state index contributed by atoms with van der Waals surface area (Å²) in [4.78, 5) is 0. The average molecular weight is 371 g/mol. The molecule has 2 aromatic rings. The van der Waals surface area contributed by atoms with Crippen LogP contribution in [0, 0.1) is 6.92 Å². The predicted molar refractivity (Wildman–Crippen MR) is 89.5 cm³/mol. The first-order valence-corrected chi connectivity index (χ1v) is 7.58. The smallest absolute Gasteiger partial charge is 0.161 e. The number of nitrogens with two attached hydrogens (primary N) is 1. The van der Waals surface area contributed by atoms with Gasteiger partial charge in [-0.25, -0.2) is 0 Å².